The van der Waals surface area contributed by atoms with Gasteiger partial charge in [0.2, 0.25) is 0 Å². The summed E-state index contributed by atoms with van der Waals surface area (Å²) < 4.78 is 5.84. The Morgan fingerprint density at radius 1 is 1.03 bits per heavy atom. The number of hydrogen-bond donors (Lipinski definition) is 0. The molecule has 0 aromatic heterocycles. The van der Waals surface area contributed by atoms with Crippen molar-refractivity contribution in [3.05, 3.63) is 16.1 Å². The maximum atomic E-state index is 11.9. The molecule has 5 nitrogen and oxygen atoms in total. The average molecular weight is 516 g/mol. The zero-order valence-corrected chi connectivity index (χ0v) is 25.1. The molecule has 0 aromatic carbocycles. The van der Waals surface area contributed by atoms with E-state index in [1.165, 1.54) is 51.0 Å². The highest BCUT2D eigenvalue weighted by Gasteiger charge is 2.66. The van der Waals surface area contributed by atoms with E-state index in [1.807, 2.05) is 0 Å². The minimum absolute atomic E-state index is 0.0256. The van der Waals surface area contributed by atoms with Crippen molar-refractivity contribution in [2.75, 3.05) is 0 Å². The summed E-state index contributed by atoms with van der Waals surface area (Å²) in [6.45, 7) is 20.6. The van der Waals surface area contributed by atoms with Crippen LogP contribution in [0.25, 0.3) is 0 Å². The number of carbonyl (C=O) groups excluding carboxylic acids is 1. The van der Waals surface area contributed by atoms with Gasteiger partial charge in [0.1, 0.15) is 6.10 Å². The molecule has 0 radical (unpaired) electrons. The van der Waals surface area contributed by atoms with E-state index in [4.69, 9.17) is 9.57 Å². The number of ether oxygens (including phenoxy) is 1. The summed E-state index contributed by atoms with van der Waals surface area (Å²) in [6.07, 6.45) is 10.9. The number of fused-ring (bicyclic) bond motifs is 4. The highest BCUT2D eigenvalue weighted by atomic mass is 16.7. The van der Waals surface area contributed by atoms with Gasteiger partial charge in [0.15, 0.2) is 11.4 Å². The summed E-state index contributed by atoms with van der Waals surface area (Å²) in [6, 6.07) is 0. The lowest BCUT2D eigenvalue weighted by Gasteiger charge is -2.63. The quantitative estimate of drug-likeness (QED) is 0.140. The number of allylic oxidation sites excluding steroid dienone is 1. The molecule has 4 rings (SSSR count). The van der Waals surface area contributed by atoms with E-state index < -0.39 is 0 Å². The van der Waals surface area contributed by atoms with Gasteiger partial charge in [0.05, 0.1) is 0 Å². The Morgan fingerprint density at radius 3 is 2.35 bits per heavy atom. The average Bonchev–Trinajstić information content (AvgIpc) is 3.08. The molecule has 2 saturated carbocycles. The summed E-state index contributed by atoms with van der Waals surface area (Å²) in [7, 11) is 0. The molecule has 5 heteroatoms. The summed E-state index contributed by atoms with van der Waals surface area (Å²) in [5.74, 6) is 2.24. The van der Waals surface area contributed by atoms with Crippen LogP contribution < -0.4 is 0 Å². The number of nitrogens with zero attached hydrogens (tertiary/aromatic N) is 1. The van der Waals surface area contributed by atoms with Crippen LogP contribution in [0.5, 0.6) is 0 Å². The van der Waals surface area contributed by atoms with Crippen molar-refractivity contribution in [3.63, 3.8) is 0 Å². The molecule has 8 atom stereocenters. The molecule has 2 fully saturated rings. The largest absolute Gasteiger partial charge is 0.462 e. The second-order valence-electron chi connectivity index (χ2n) is 14.9. The first-order valence-electron chi connectivity index (χ1n) is 15.1. The van der Waals surface area contributed by atoms with Crippen LogP contribution in [0.2, 0.25) is 0 Å². The third-order valence-electron chi connectivity index (χ3n) is 12.3. The molecule has 0 saturated heterocycles. The monoisotopic (exact) mass is 515 g/mol. The molecule has 37 heavy (non-hydrogen) atoms. The Balaban J connectivity index is 1.72. The first kappa shape index (κ1) is 28.6. The summed E-state index contributed by atoms with van der Waals surface area (Å²) in [5, 5.41) is 3.04. The van der Waals surface area contributed by atoms with Crippen molar-refractivity contribution in [3.8, 4) is 0 Å². The Labute approximate surface area is 225 Å². The Bertz CT molecular complexity index is 924. The van der Waals surface area contributed by atoms with Crippen LogP contribution in [0.3, 0.4) is 0 Å². The van der Waals surface area contributed by atoms with Crippen LogP contribution in [-0.2, 0) is 14.4 Å². The molecular weight excluding hydrogens is 462 g/mol. The van der Waals surface area contributed by atoms with Gasteiger partial charge in [-0.25, -0.2) is 0 Å². The van der Waals surface area contributed by atoms with Crippen molar-refractivity contribution >= 4 is 5.97 Å². The minimum atomic E-state index is -0.277. The van der Waals surface area contributed by atoms with Crippen molar-refractivity contribution in [1.29, 1.82) is 0 Å². The van der Waals surface area contributed by atoms with Crippen LogP contribution in [-0.4, -0.2) is 18.2 Å². The van der Waals surface area contributed by atoms with E-state index in [1.54, 1.807) is 5.57 Å². The first-order valence-corrected chi connectivity index (χ1v) is 15.1. The second-order valence-corrected chi connectivity index (χ2v) is 14.9. The molecule has 0 bridgehead atoms. The summed E-state index contributed by atoms with van der Waals surface area (Å²) in [4.78, 5) is 29.3. The van der Waals surface area contributed by atoms with Crippen molar-refractivity contribution in [2.45, 2.75) is 139 Å². The maximum Gasteiger partial charge on any atom is 0.302 e. The molecule has 4 aliphatic rings. The molecule has 0 amide bonds. The van der Waals surface area contributed by atoms with Gasteiger partial charge < -0.3 is 9.57 Å². The molecule has 0 spiro atoms. The number of carbonyl (C=O) groups is 1. The summed E-state index contributed by atoms with van der Waals surface area (Å²) >= 11 is 0. The lowest BCUT2D eigenvalue weighted by atomic mass is 9.42. The SMILES string of the molecule is CC(=O)OC1CCC2(C)C3=C(C(ON=O)CC2C1(C)C)C1(C)CCC(C(C)CCCC(C)C)C1(C)CC3. The molecule has 0 heterocycles. The Kier molecular flexibility index (Phi) is 7.71. The smallest absolute Gasteiger partial charge is 0.302 e. The fraction of sp³-hybridized carbons (Fsp3) is 0.906. The molecule has 210 valence electrons. The predicted octanol–water partition coefficient (Wildman–Crippen LogP) is 8.81. The highest BCUT2D eigenvalue weighted by Crippen LogP contribution is 2.73. The van der Waals surface area contributed by atoms with Gasteiger partial charge >= 0.3 is 5.97 Å². The molecule has 0 aliphatic heterocycles. The lowest BCUT2D eigenvalue weighted by molar-refractivity contribution is -0.171. The van der Waals surface area contributed by atoms with Gasteiger partial charge in [0, 0.05) is 12.3 Å². The zero-order valence-electron chi connectivity index (χ0n) is 25.1. The topological polar surface area (TPSA) is 65.0 Å². The number of hydrogen-bond acceptors (Lipinski definition) is 5. The van der Waals surface area contributed by atoms with Gasteiger partial charge in [-0.05, 0) is 90.4 Å². The van der Waals surface area contributed by atoms with E-state index >= 15 is 0 Å². The molecular formula is C32H53NO4. The summed E-state index contributed by atoms with van der Waals surface area (Å²) in [5.41, 5.74) is 3.02. The van der Waals surface area contributed by atoms with Gasteiger partial charge in [-0.1, -0.05) is 80.2 Å². The molecule has 4 aliphatic carbocycles. The normalized spacial score (nSPS) is 41.5. The standard InChI is InChI=1S/C32H53NO4/c1-20(2)11-10-12-21(3)23-13-18-32(9)28-24(14-17-31(23,32)8)30(7)16-15-27(36-22(4)34)29(5,6)26(30)19-25(28)37-33-35/h20-21,23,25-27H,10-19H2,1-9H3. The number of rotatable bonds is 8. The second kappa shape index (κ2) is 9.97. The third kappa shape index (κ3) is 4.48. The van der Waals surface area contributed by atoms with Gasteiger partial charge in [-0.2, -0.15) is 0 Å². The van der Waals surface area contributed by atoms with Gasteiger partial charge in [-0.3, -0.25) is 4.79 Å². The Morgan fingerprint density at radius 2 is 1.73 bits per heavy atom. The van der Waals surface area contributed by atoms with Crippen molar-refractivity contribution in [1.82, 2.24) is 0 Å². The van der Waals surface area contributed by atoms with Gasteiger partial charge in [0.25, 0.3) is 0 Å². The lowest BCUT2D eigenvalue weighted by Crippen LogP contribution is -2.58. The van der Waals surface area contributed by atoms with Crippen molar-refractivity contribution < 1.29 is 14.4 Å². The predicted molar refractivity (Wildman–Crippen MR) is 149 cm³/mol. The van der Waals surface area contributed by atoms with E-state index in [0.29, 0.717) is 11.8 Å². The van der Waals surface area contributed by atoms with Crippen LogP contribution >= 0.6 is 0 Å². The van der Waals surface area contributed by atoms with Gasteiger partial charge in [-0.15, -0.1) is 4.91 Å². The van der Waals surface area contributed by atoms with Crippen LogP contribution in [0.15, 0.2) is 16.5 Å². The van der Waals surface area contributed by atoms with Crippen LogP contribution in [0, 0.1) is 50.2 Å². The maximum absolute atomic E-state index is 11.9. The van der Waals surface area contributed by atoms with Crippen molar-refractivity contribution in [2.24, 2.45) is 50.7 Å². The Hall–Kier alpha value is -1.39. The molecule has 0 aromatic rings. The fourth-order valence-corrected chi connectivity index (χ4v) is 10.2. The third-order valence-corrected chi connectivity index (χ3v) is 12.3. The molecule has 0 N–H and O–H groups in total. The van der Waals surface area contributed by atoms with E-state index in [0.717, 1.165) is 31.6 Å². The minimum Gasteiger partial charge on any atom is -0.462 e. The highest BCUT2D eigenvalue weighted by molar-refractivity contribution is 5.66. The van der Waals surface area contributed by atoms with Crippen LogP contribution in [0.4, 0.5) is 0 Å². The van der Waals surface area contributed by atoms with Crippen LogP contribution in [0.1, 0.15) is 127 Å². The first-order chi connectivity index (χ1) is 17.2. The zero-order chi connectivity index (χ0) is 27.4. The van der Waals surface area contributed by atoms with E-state index in [2.05, 4.69) is 60.7 Å². The van der Waals surface area contributed by atoms with E-state index in [-0.39, 0.29) is 45.8 Å². The van der Waals surface area contributed by atoms with E-state index in [9.17, 15) is 9.70 Å². The fourth-order valence-electron chi connectivity index (χ4n) is 10.2. The number of esters is 1. The molecule has 8 unspecified atom stereocenters.